The standard InChI is InChI=1S/C18H28N4O6/c1-10(2)8-12(21-17(26)11-5-6-14(23)20-11)16(25)19-9-15(24)22-7-3-4-13(22)18(27)28/h10-13H,3-9H2,1-2H3,(H,19,25)(H,20,23)(H,21,26)(H,27,28)/t11-,12-,13-/m0/s1. The number of hydrogen-bond donors (Lipinski definition) is 4. The van der Waals surface area contributed by atoms with Gasteiger partial charge in [0.05, 0.1) is 6.54 Å². The lowest BCUT2D eigenvalue weighted by Crippen LogP contribution is -2.54. The average molecular weight is 396 g/mol. The molecular formula is C18H28N4O6. The van der Waals surface area contributed by atoms with Gasteiger partial charge in [-0.1, -0.05) is 13.8 Å². The minimum atomic E-state index is -1.05. The topological polar surface area (TPSA) is 145 Å². The zero-order valence-electron chi connectivity index (χ0n) is 16.2. The summed E-state index contributed by atoms with van der Waals surface area (Å²) in [6, 6.07) is -2.36. The molecule has 156 valence electrons. The van der Waals surface area contributed by atoms with Crippen molar-refractivity contribution in [3.63, 3.8) is 0 Å². The highest BCUT2D eigenvalue weighted by Crippen LogP contribution is 2.17. The van der Waals surface area contributed by atoms with Crippen molar-refractivity contribution in [1.29, 1.82) is 0 Å². The lowest BCUT2D eigenvalue weighted by molar-refractivity contribution is -0.148. The molecule has 2 saturated heterocycles. The summed E-state index contributed by atoms with van der Waals surface area (Å²) >= 11 is 0. The lowest BCUT2D eigenvalue weighted by Gasteiger charge is -2.24. The van der Waals surface area contributed by atoms with Gasteiger partial charge in [-0.15, -0.1) is 0 Å². The van der Waals surface area contributed by atoms with Gasteiger partial charge in [0, 0.05) is 13.0 Å². The zero-order valence-corrected chi connectivity index (χ0v) is 16.2. The maximum atomic E-state index is 12.5. The summed E-state index contributed by atoms with van der Waals surface area (Å²) in [4.78, 5) is 60.9. The van der Waals surface area contributed by atoms with Crippen molar-refractivity contribution < 1.29 is 29.1 Å². The van der Waals surface area contributed by atoms with E-state index in [-0.39, 0.29) is 24.8 Å². The van der Waals surface area contributed by atoms with E-state index in [1.165, 1.54) is 4.90 Å². The Hall–Kier alpha value is -2.65. The first-order valence-corrected chi connectivity index (χ1v) is 9.58. The molecule has 2 rings (SSSR count). The number of carboxylic acid groups (broad SMARTS) is 1. The molecule has 0 radical (unpaired) electrons. The number of carboxylic acids is 1. The Kier molecular flexibility index (Phi) is 7.36. The second kappa shape index (κ2) is 9.52. The van der Waals surface area contributed by atoms with Crippen molar-refractivity contribution in [2.75, 3.05) is 13.1 Å². The first-order valence-electron chi connectivity index (χ1n) is 9.58. The quantitative estimate of drug-likeness (QED) is 0.414. The number of amides is 4. The van der Waals surface area contributed by atoms with Crippen molar-refractivity contribution >= 4 is 29.6 Å². The van der Waals surface area contributed by atoms with Crippen molar-refractivity contribution in [1.82, 2.24) is 20.9 Å². The molecule has 2 heterocycles. The van der Waals surface area contributed by atoms with E-state index < -0.39 is 41.8 Å². The molecule has 0 aromatic rings. The highest BCUT2D eigenvalue weighted by Gasteiger charge is 2.35. The SMILES string of the molecule is CC(C)C[C@H](NC(=O)[C@@H]1CCC(=O)N1)C(=O)NCC(=O)N1CCC[C@H]1C(=O)O. The molecule has 0 aromatic heterocycles. The Labute approximate surface area is 163 Å². The summed E-state index contributed by atoms with van der Waals surface area (Å²) in [6.07, 6.45) is 2.02. The molecule has 0 spiro atoms. The minimum absolute atomic E-state index is 0.111. The van der Waals surface area contributed by atoms with Crippen LogP contribution < -0.4 is 16.0 Å². The van der Waals surface area contributed by atoms with Crippen molar-refractivity contribution in [2.24, 2.45) is 5.92 Å². The van der Waals surface area contributed by atoms with Gasteiger partial charge in [0.15, 0.2) is 0 Å². The number of likely N-dealkylation sites (tertiary alicyclic amines) is 1. The molecule has 4 amide bonds. The Bertz CT molecular complexity index is 650. The number of nitrogens with one attached hydrogen (secondary N) is 3. The van der Waals surface area contributed by atoms with E-state index in [1.807, 2.05) is 13.8 Å². The third kappa shape index (κ3) is 5.67. The van der Waals surface area contributed by atoms with E-state index in [9.17, 15) is 24.0 Å². The van der Waals surface area contributed by atoms with Crippen LogP contribution in [0.5, 0.6) is 0 Å². The van der Waals surface area contributed by atoms with Crippen LogP contribution in [-0.2, 0) is 24.0 Å². The number of rotatable bonds is 8. The highest BCUT2D eigenvalue weighted by atomic mass is 16.4. The van der Waals surface area contributed by atoms with Crippen molar-refractivity contribution in [3.05, 3.63) is 0 Å². The van der Waals surface area contributed by atoms with Crippen LogP contribution in [0.1, 0.15) is 46.0 Å². The van der Waals surface area contributed by atoms with Gasteiger partial charge in [-0.05, 0) is 31.6 Å². The van der Waals surface area contributed by atoms with E-state index in [4.69, 9.17) is 5.11 Å². The lowest BCUT2D eigenvalue weighted by atomic mass is 10.0. The number of nitrogens with zero attached hydrogens (tertiary/aromatic N) is 1. The van der Waals surface area contributed by atoms with Crippen molar-refractivity contribution in [3.8, 4) is 0 Å². The Balaban J connectivity index is 1.91. The third-order valence-electron chi connectivity index (χ3n) is 4.92. The summed E-state index contributed by atoms with van der Waals surface area (Å²) in [6.45, 7) is 3.82. The van der Waals surface area contributed by atoms with Crippen LogP contribution in [-0.4, -0.2) is 70.8 Å². The molecule has 10 nitrogen and oxygen atoms in total. The van der Waals surface area contributed by atoms with Crippen LogP contribution >= 0.6 is 0 Å². The normalized spacial score (nSPS) is 22.7. The van der Waals surface area contributed by atoms with Crippen LogP contribution in [0.25, 0.3) is 0 Å². The van der Waals surface area contributed by atoms with Gasteiger partial charge >= 0.3 is 5.97 Å². The number of aliphatic carboxylic acids is 1. The van der Waals surface area contributed by atoms with Gasteiger partial charge in [0.2, 0.25) is 23.6 Å². The third-order valence-corrected chi connectivity index (χ3v) is 4.92. The molecule has 2 aliphatic rings. The summed E-state index contributed by atoms with van der Waals surface area (Å²) in [5.74, 6) is -2.54. The largest absolute Gasteiger partial charge is 0.480 e. The molecule has 3 atom stereocenters. The molecule has 28 heavy (non-hydrogen) atoms. The molecule has 0 unspecified atom stereocenters. The molecular weight excluding hydrogens is 368 g/mol. The van der Waals surface area contributed by atoms with Crippen molar-refractivity contribution in [2.45, 2.75) is 64.1 Å². The van der Waals surface area contributed by atoms with E-state index in [0.29, 0.717) is 32.2 Å². The number of carbonyl (C=O) groups is 5. The predicted octanol–water partition coefficient (Wildman–Crippen LogP) is -1.01. The van der Waals surface area contributed by atoms with E-state index in [1.54, 1.807) is 0 Å². The fourth-order valence-corrected chi connectivity index (χ4v) is 3.50. The second-order valence-electron chi connectivity index (χ2n) is 7.65. The first-order chi connectivity index (χ1) is 13.2. The fourth-order valence-electron chi connectivity index (χ4n) is 3.50. The van der Waals surface area contributed by atoms with Gasteiger partial charge < -0.3 is 26.0 Å². The fraction of sp³-hybridized carbons (Fsp3) is 0.722. The summed E-state index contributed by atoms with van der Waals surface area (Å²) in [5, 5.41) is 16.9. The molecule has 0 saturated carbocycles. The van der Waals surface area contributed by atoms with Gasteiger partial charge in [-0.25, -0.2) is 4.79 Å². The monoisotopic (exact) mass is 396 g/mol. The Morgan fingerprint density at radius 2 is 1.96 bits per heavy atom. The smallest absolute Gasteiger partial charge is 0.326 e. The molecule has 0 aliphatic carbocycles. The molecule has 10 heteroatoms. The summed E-state index contributed by atoms with van der Waals surface area (Å²) < 4.78 is 0. The second-order valence-corrected chi connectivity index (χ2v) is 7.65. The van der Waals surface area contributed by atoms with E-state index >= 15 is 0 Å². The van der Waals surface area contributed by atoms with Crippen LogP contribution in [0.4, 0.5) is 0 Å². The Morgan fingerprint density at radius 1 is 1.25 bits per heavy atom. The molecule has 2 aliphatic heterocycles. The van der Waals surface area contributed by atoms with E-state index in [0.717, 1.165) is 0 Å². The zero-order chi connectivity index (χ0) is 20.8. The van der Waals surface area contributed by atoms with E-state index in [2.05, 4.69) is 16.0 Å². The maximum Gasteiger partial charge on any atom is 0.326 e. The highest BCUT2D eigenvalue weighted by molar-refractivity contribution is 5.95. The van der Waals surface area contributed by atoms with Gasteiger partial charge in [0.1, 0.15) is 18.1 Å². The van der Waals surface area contributed by atoms with Crippen LogP contribution in [0.15, 0.2) is 0 Å². The maximum absolute atomic E-state index is 12.5. The molecule has 0 aromatic carbocycles. The summed E-state index contributed by atoms with van der Waals surface area (Å²) in [5.41, 5.74) is 0. The average Bonchev–Trinajstić information content (AvgIpc) is 3.27. The molecule has 2 fully saturated rings. The number of carbonyl (C=O) groups excluding carboxylic acids is 4. The first kappa shape index (κ1) is 21.6. The van der Waals surface area contributed by atoms with Crippen LogP contribution in [0.2, 0.25) is 0 Å². The van der Waals surface area contributed by atoms with Gasteiger partial charge in [0.25, 0.3) is 0 Å². The van der Waals surface area contributed by atoms with Gasteiger partial charge in [-0.3, -0.25) is 19.2 Å². The Morgan fingerprint density at radius 3 is 2.54 bits per heavy atom. The molecule has 4 N–H and O–H groups in total. The van der Waals surface area contributed by atoms with Gasteiger partial charge in [-0.2, -0.15) is 0 Å². The predicted molar refractivity (Wildman–Crippen MR) is 97.9 cm³/mol. The molecule has 0 bridgehead atoms. The van der Waals surface area contributed by atoms with Crippen LogP contribution in [0, 0.1) is 5.92 Å². The number of hydrogen-bond acceptors (Lipinski definition) is 5. The summed E-state index contributed by atoms with van der Waals surface area (Å²) in [7, 11) is 0. The minimum Gasteiger partial charge on any atom is -0.480 e. The van der Waals surface area contributed by atoms with Crippen LogP contribution in [0.3, 0.4) is 0 Å².